The summed E-state index contributed by atoms with van der Waals surface area (Å²) in [5.74, 6) is 0.0233. The number of nitrogens with zero attached hydrogens (tertiary/aromatic N) is 2. The Hall–Kier alpha value is -1.82. The average molecular weight is 263 g/mol. The minimum Gasteiger partial charge on any atom is -0.397 e. The average Bonchev–Trinajstić information content (AvgIpc) is 2.41. The zero-order valence-corrected chi connectivity index (χ0v) is 11.2. The quantitative estimate of drug-likeness (QED) is 0.741. The molecule has 0 aliphatic carbocycles. The Bertz CT molecular complexity index is 462. The number of pyridine rings is 1. The van der Waals surface area contributed by atoms with E-state index in [1.54, 1.807) is 6.07 Å². The largest absolute Gasteiger partial charge is 0.397 e. The van der Waals surface area contributed by atoms with Crippen molar-refractivity contribution in [2.45, 2.75) is 25.8 Å². The van der Waals surface area contributed by atoms with E-state index in [2.05, 4.69) is 22.1 Å². The maximum atomic E-state index is 11.4. The van der Waals surface area contributed by atoms with Crippen molar-refractivity contribution in [3.63, 3.8) is 0 Å². The monoisotopic (exact) mass is 263 g/mol. The second kappa shape index (κ2) is 5.88. The zero-order chi connectivity index (χ0) is 13.8. The smallest absolute Gasteiger partial charge is 0.252 e. The third-order valence-electron chi connectivity index (χ3n) is 3.47. The number of primary amides is 1. The molecule has 1 unspecified atom stereocenters. The summed E-state index contributed by atoms with van der Waals surface area (Å²) >= 11 is 0. The van der Waals surface area contributed by atoms with E-state index in [0.29, 0.717) is 23.1 Å². The van der Waals surface area contributed by atoms with Gasteiger partial charge < -0.3 is 21.7 Å². The van der Waals surface area contributed by atoms with Gasteiger partial charge in [0, 0.05) is 12.6 Å². The van der Waals surface area contributed by atoms with E-state index in [4.69, 9.17) is 11.5 Å². The van der Waals surface area contributed by atoms with Gasteiger partial charge in [0.1, 0.15) is 5.82 Å². The van der Waals surface area contributed by atoms with Crippen molar-refractivity contribution in [1.82, 2.24) is 9.88 Å². The Morgan fingerprint density at radius 1 is 1.63 bits per heavy atom. The Morgan fingerprint density at radius 2 is 2.42 bits per heavy atom. The van der Waals surface area contributed by atoms with Crippen molar-refractivity contribution >= 4 is 17.4 Å². The molecule has 19 heavy (non-hydrogen) atoms. The van der Waals surface area contributed by atoms with E-state index < -0.39 is 5.91 Å². The van der Waals surface area contributed by atoms with Crippen LogP contribution in [0.4, 0.5) is 11.5 Å². The van der Waals surface area contributed by atoms with Gasteiger partial charge in [-0.2, -0.15) is 0 Å². The number of carbonyl (C=O) groups excluding carboxylic acids is 1. The highest BCUT2D eigenvalue weighted by Gasteiger charge is 2.20. The lowest BCUT2D eigenvalue weighted by Crippen LogP contribution is -2.42. The molecule has 0 radical (unpaired) electrons. The molecule has 5 N–H and O–H groups in total. The van der Waals surface area contributed by atoms with Crippen LogP contribution in [0.1, 0.15) is 30.1 Å². The van der Waals surface area contributed by atoms with Crippen molar-refractivity contribution in [1.29, 1.82) is 0 Å². The second-order valence-corrected chi connectivity index (χ2v) is 4.91. The van der Waals surface area contributed by atoms with Crippen molar-refractivity contribution in [2.75, 3.05) is 30.7 Å². The van der Waals surface area contributed by atoms with E-state index in [1.165, 1.54) is 6.20 Å². The number of hydrogen-bond acceptors (Lipinski definition) is 5. The predicted molar refractivity (Wildman–Crippen MR) is 75.9 cm³/mol. The van der Waals surface area contributed by atoms with Crippen LogP contribution in [0.25, 0.3) is 0 Å². The van der Waals surface area contributed by atoms with Crippen molar-refractivity contribution in [2.24, 2.45) is 5.73 Å². The third-order valence-corrected chi connectivity index (χ3v) is 3.47. The standard InChI is InChI=1S/C13H21N5O/c1-2-18-5-3-4-10(8-18)17-13-11(12(15)19)6-9(14)7-16-13/h6-7,10H,2-5,8,14H2,1H3,(H2,15,19)(H,16,17). The first kappa shape index (κ1) is 13.6. The molecule has 2 heterocycles. The van der Waals surface area contributed by atoms with Crippen LogP contribution in [0.15, 0.2) is 12.3 Å². The Kier molecular flexibility index (Phi) is 4.21. The molecule has 6 nitrogen and oxygen atoms in total. The van der Waals surface area contributed by atoms with Crippen LogP contribution in [0.2, 0.25) is 0 Å². The van der Waals surface area contributed by atoms with Gasteiger partial charge in [0.05, 0.1) is 17.4 Å². The Labute approximate surface area is 113 Å². The highest BCUT2D eigenvalue weighted by molar-refractivity contribution is 5.98. The molecule has 1 aromatic rings. The van der Waals surface area contributed by atoms with E-state index >= 15 is 0 Å². The number of hydrogen-bond donors (Lipinski definition) is 3. The molecule has 1 aromatic heterocycles. The van der Waals surface area contributed by atoms with Gasteiger partial charge in [0.25, 0.3) is 5.91 Å². The predicted octanol–water partition coefficient (Wildman–Crippen LogP) is 0.659. The molecule has 1 atom stereocenters. The van der Waals surface area contributed by atoms with Crippen LogP contribution in [-0.2, 0) is 0 Å². The normalized spacial score (nSPS) is 20.2. The lowest BCUT2D eigenvalue weighted by molar-refractivity contribution is 0.100. The number of rotatable bonds is 4. The number of nitrogens with one attached hydrogen (secondary N) is 1. The molecular weight excluding hydrogens is 242 g/mol. The van der Waals surface area contributed by atoms with Gasteiger partial charge in [-0.05, 0) is 32.0 Å². The van der Waals surface area contributed by atoms with Crippen LogP contribution >= 0.6 is 0 Å². The van der Waals surface area contributed by atoms with Crippen molar-refractivity contribution in [3.05, 3.63) is 17.8 Å². The van der Waals surface area contributed by atoms with Gasteiger partial charge in [0.2, 0.25) is 0 Å². The summed E-state index contributed by atoms with van der Waals surface area (Å²) in [6, 6.07) is 1.86. The fourth-order valence-corrected chi connectivity index (χ4v) is 2.44. The van der Waals surface area contributed by atoms with Crippen molar-refractivity contribution in [3.8, 4) is 0 Å². The van der Waals surface area contributed by atoms with E-state index in [0.717, 1.165) is 32.5 Å². The molecule has 0 bridgehead atoms. The van der Waals surface area contributed by atoms with Gasteiger partial charge in [-0.15, -0.1) is 0 Å². The molecule has 104 valence electrons. The molecule has 1 fully saturated rings. The van der Waals surface area contributed by atoms with Gasteiger partial charge >= 0.3 is 0 Å². The molecule has 1 aliphatic rings. The number of likely N-dealkylation sites (tertiary alicyclic amines) is 1. The van der Waals surface area contributed by atoms with Crippen LogP contribution < -0.4 is 16.8 Å². The molecule has 1 amide bonds. The summed E-state index contributed by atoms with van der Waals surface area (Å²) in [7, 11) is 0. The number of nitrogens with two attached hydrogens (primary N) is 2. The van der Waals surface area contributed by atoms with Crippen LogP contribution in [0.5, 0.6) is 0 Å². The first-order valence-electron chi connectivity index (χ1n) is 6.64. The lowest BCUT2D eigenvalue weighted by Gasteiger charge is -2.32. The van der Waals surface area contributed by atoms with Crippen LogP contribution in [0.3, 0.4) is 0 Å². The summed E-state index contributed by atoms with van der Waals surface area (Å²) < 4.78 is 0. The number of amides is 1. The van der Waals surface area contributed by atoms with Gasteiger partial charge in [-0.3, -0.25) is 4.79 Å². The minimum atomic E-state index is -0.509. The maximum absolute atomic E-state index is 11.4. The van der Waals surface area contributed by atoms with E-state index in [9.17, 15) is 4.79 Å². The molecule has 2 rings (SSSR count). The van der Waals surface area contributed by atoms with Crippen molar-refractivity contribution < 1.29 is 4.79 Å². The highest BCUT2D eigenvalue weighted by atomic mass is 16.1. The summed E-state index contributed by atoms with van der Waals surface area (Å²) in [4.78, 5) is 18.0. The first-order valence-corrected chi connectivity index (χ1v) is 6.64. The molecular formula is C13H21N5O. The summed E-state index contributed by atoms with van der Waals surface area (Å²) in [5, 5.41) is 3.31. The Balaban J connectivity index is 2.12. The van der Waals surface area contributed by atoms with Gasteiger partial charge in [0.15, 0.2) is 0 Å². The maximum Gasteiger partial charge on any atom is 0.252 e. The van der Waals surface area contributed by atoms with Gasteiger partial charge in [-0.1, -0.05) is 6.92 Å². The third kappa shape index (κ3) is 3.35. The van der Waals surface area contributed by atoms with Gasteiger partial charge in [-0.25, -0.2) is 4.98 Å². The van der Waals surface area contributed by atoms with E-state index in [1.807, 2.05) is 0 Å². The number of nitrogen functional groups attached to an aromatic ring is 1. The number of aromatic nitrogens is 1. The summed E-state index contributed by atoms with van der Waals surface area (Å²) in [6.07, 6.45) is 3.75. The summed E-state index contributed by atoms with van der Waals surface area (Å²) in [5.41, 5.74) is 11.8. The minimum absolute atomic E-state index is 0.294. The highest BCUT2D eigenvalue weighted by Crippen LogP contribution is 2.19. The Morgan fingerprint density at radius 3 is 3.11 bits per heavy atom. The number of carbonyl (C=O) groups is 1. The first-order chi connectivity index (χ1) is 9.10. The summed E-state index contributed by atoms with van der Waals surface area (Å²) in [6.45, 7) is 5.28. The van der Waals surface area contributed by atoms with Crippen LogP contribution in [-0.4, -0.2) is 41.5 Å². The molecule has 0 spiro atoms. The lowest BCUT2D eigenvalue weighted by atomic mass is 10.1. The SMILES string of the molecule is CCN1CCCC(Nc2ncc(N)cc2C(N)=O)C1. The number of anilines is 2. The molecule has 6 heteroatoms. The van der Waals surface area contributed by atoms with Crippen LogP contribution in [0, 0.1) is 0 Å². The molecule has 1 aliphatic heterocycles. The fraction of sp³-hybridized carbons (Fsp3) is 0.538. The molecule has 1 saturated heterocycles. The second-order valence-electron chi connectivity index (χ2n) is 4.91. The fourth-order valence-electron chi connectivity index (χ4n) is 2.44. The molecule has 0 aromatic carbocycles. The number of likely N-dealkylation sites (N-methyl/N-ethyl adjacent to an activating group) is 1. The number of piperidine rings is 1. The molecule has 0 saturated carbocycles. The zero-order valence-electron chi connectivity index (χ0n) is 11.2. The topological polar surface area (TPSA) is 97.3 Å². The van der Waals surface area contributed by atoms with E-state index in [-0.39, 0.29) is 0 Å².